The van der Waals surface area contributed by atoms with Crippen molar-refractivity contribution in [1.82, 2.24) is 0 Å². The van der Waals surface area contributed by atoms with Crippen LogP contribution in [0.5, 0.6) is 5.75 Å². The molecule has 1 heterocycles. The highest BCUT2D eigenvalue weighted by molar-refractivity contribution is 5.71. The second-order valence-electron chi connectivity index (χ2n) is 7.87. The van der Waals surface area contributed by atoms with Crippen molar-refractivity contribution in [2.24, 2.45) is 0 Å². The molecule has 3 aromatic carbocycles. The van der Waals surface area contributed by atoms with Gasteiger partial charge in [-0.05, 0) is 54.7 Å². The zero-order valence-electron chi connectivity index (χ0n) is 17.9. The van der Waals surface area contributed by atoms with Crippen LogP contribution in [-0.2, 0) is 4.74 Å². The molecule has 5 heteroatoms. The summed E-state index contributed by atoms with van der Waals surface area (Å²) in [7, 11) is 0. The third-order valence-corrected chi connectivity index (χ3v) is 5.89. The normalized spacial score (nSPS) is 18.4. The maximum Gasteiger partial charge on any atom is 0.201 e. The van der Waals surface area contributed by atoms with E-state index in [4.69, 9.17) is 9.47 Å². The quantitative estimate of drug-likeness (QED) is 0.376. The van der Waals surface area contributed by atoms with Gasteiger partial charge in [0.15, 0.2) is 11.6 Å². The molecule has 0 saturated carbocycles. The minimum Gasteiger partial charge on any atom is -0.491 e. The average molecular weight is 438 g/mol. The van der Waals surface area contributed by atoms with E-state index >= 15 is 0 Å². The second kappa shape index (κ2) is 9.61. The highest BCUT2D eigenvalue weighted by atomic mass is 19.2. The van der Waals surface area contributed by atoms with E-state index in [1.54, 1.807) is 49.4 Å². The van der Waals surface area contributed by atoms with Crippen LogP contribution in [0.3, 0.4) is 0 Å². The lowest BCUT2D eigenvalue weighted by Crippen LogP contribution is -2.23. The summed E-state index contributed by atoms with van der Waals surface area (Å²) in [5.74, 6) is -2.25. The van der Waals surface area contributed by atoms with E-state index in [0.29, 0.717) is 23.3 Å². The molecule has 0 aromatic heterocycles. The molecule has 2 nitrogen and oxygen atoms in total. The fraction of sp³-hybridized carbons (Fsp3) is 0.259. The molecule has 0 spiro atoms. The topological polar surface area (TPSA) is 18.5 Å². The molecule has 2 unspecified atom stereocenters. The molecular formula is C27H25F3O2. The van der Waals surface area contributed by atoms with Crippen LogP contribution in [0.25, 0.3) is 22.3 Å². The Morgan fingerprint density at radius 1 is 0.938 bits per heavy atom. The maximum atomic E-state index is 14.9. The van der Waals surface area contributed by atoms with E-state index in [1.165, 1.54) is 12.1 Å². The van der Waals surface area contributed by atoms with Crippen LogP contribution in [0, 0.1) is 17.5 Å². The van der Waals surface area contributed by atoms with Crippen LogP contribution in [0.1, 0.15) is 31.2 Å². The Hall–Kier alpha value is -3.05. The summed E-state index contributed by atoms with van der Waals surface area (Å²) in [6.45, 7) is 6.26. The van der Waals surface area contributed by atoms with Crippen molar-refractivity contribution in [1.29, 1.82) is 0 Å². The molecule has 2 atom stereocenters. The summed E-state index contributed by atoms with van der Waals surface area (Å²) < 4.78 is 54.4. The molecule has 1 fully saturated rings. The predicted octanol–water partition coefficient (Wildman–Crippen LogP) is 7.29. The van der Waals surface area contributed by atoms with Crippen LogP contribution < -0.4 is 4.74 Å². The van der Waals surface area contributed by atoms with Gasteiger partial charge in [-0.2, -0.15) is 4.39 Å². The molecule has 0 amide bonds. The number of hydrogen-bond donors (Lipinski definition) is 0. The lowest BCUT2D eigenvalue weighted by molar-refractivity contribution is 0.0328. The van der Waals surface area contributed by atoms with Gasteiger partial charge in [0.05, 0.1) is 19.3 Å². The maximum absolute atomic E-state index is 14.9. The van der Waals surface area contributed by atoms with Crippen LogP contribution >= 0.6 is 0 Å². The predicted molar refractivity (Wildman–Crippen MR) is 120 cm³/mol. The Morgan fingerprint density at radius 3 is 2.22 bits per heavy atom. The van der Waals surface area contributed by atoms with E-state index in [9.17, 15) is 13.2 Å². The standard InChI is InChI=1S/C27H25F3O2/c1-3-21-11-9-20(16-32-21)19-10-12-22(24(28)15-19)17-5-7-18(8-6-17)23-13-14-25(31-4-2)27(30)26(23)29/h3,5-8,10,12-15,20-21H,1,4,9,11,16H2,2H3. The van der Waals surface area contributed by atoms with Crippen molar-refractivity contribution in [2.75, 3.05) is 13.2 Å². The molecular weight excluding hydrogens is 413 g/mol. The van der Waals surface area contributed by atoms with Gasteiger partial charge in [0, 0.05) is 17.0 Å². The van der Waals surface area contributed by atoms with Crippen LogP contribution in [-0.4, -0.2) is 19.3 Å². The zero-order chi connectivity index (χ0) is 22.7. The van der Waals surface area contributed by atoms with Gasteiger partial charge in [-0.15, -0.1) is 6.58 Å². The van der Waals surface area contributed by atoms with Crippen molar-refractivity contribution in [2.45, 2.75) is 31.8 Å². The van der Waals surface area contributed by atoms with Crippen molar-refractivity contribution in [3.05, 3.63) is 90.3 Å². The SMILES string of the molecule is C=CC1CCC(c2ccc(-c3ccc(-c4ccc(OCC)c(F)c4F)cc3)c(F)c2)CO1. The van der Waals surface area contributed by atoms with Crippen molar-refractivity contribution in [3.63, 3.8) is 0 Å². The van der Waals surface area contributed by atoms with Crippen molar-refractivity contribution >= 4 is 0 Å². The number of ether oxygens (including phenoxy) is 2. The number of benzene rings is 3. The molecule has 4 rings (SSSR count). The first kappa shape index (κ1) is 22.2. The van der Waals surface area contributed by atoms with Gasteiger partial charge in [-0.1, -0.05) is 42.5 Å². The van der Waals surface area contributed by atoms with Gasteiger partial charge >= 0.3 is 0 Å². The lowest BCUT2D eigenvalue weighted by Gasteiger charge is -2.27. The van der Waals surface area contributed by atoms with Crippen LogP contribution in [0.4, 0.5) is 13.2 Å². The summed E-state index contributed by atoms with van der Waals surface area (Å²) in [5, 5.41) is 0. The average Bonchev–Trinajstić information content (AvgIpc) is 2.82. The minimum absolute atomic E-state index is 0.0718. The molecule has 1 saturated heterocycles. The number of halogens is 3. The highest BCUT2D eigenvalue weighted by Crippen LogP contribution is 2.34. The molecule has 1 aliphatic heterocycles. The van der Waals surface area contributed by atoms with E-state index in [1.807, 2.05) is 6.07 Å². The first-order chi connectivity index (χ1) is 15.5. The first-order valence-electron chi connectivity index (χ1n) is 10.8. The Morgan fingerprint density at radius 2 is 1.62 bits per heavy atom. The Bertz CT molecular complexity index is 1100. The second-order valence-corrected chi connectivity index (χ2v) is 7.87. The largest absolute Gasteiger partial charge is 0.491 e. The molecule has 3 aromatic rings. The fourth-order valence-corrected chi connectivity index (χ4v) is 4.09. The Kier molecular flexibility index (Phi) is 6.66. The lowest BCUT2D eigenvalue weighted by atomic mass is 9.90. The minimum atomic E-state index is -1.01. The Labute approximate surface area is 186 Å². The summed E-state index contributed by atoms with van der Waals surface area (Å²) in [6, 6.07) is 14.9. The van der Waals surface area contributed by atoms with Crippen molar-refractivity contribution < 1.29 is 22.6 Å². The van der Waals surface area contributed by atoms with Gasteiger partial charge in [0.2, 0.25) is 5.82 Å². The summed E-state index contributed by atoms with van der Waals surface area (Å²) in [4.78, 5) is 0. The molecule has 0 N–H and O–H groups in total. The molecule has 0 aliphatic carbocycles. The van der Waals surface area contributed by atoms with Gasteiger partial charge < -0.3 is 9.47 Å². The third kappa shape index (κ3) is 4.44. The van der Waals surface area contributed by atoms with E-state index in [0.717, 1.165) is 18.4 Å². The number of rotatable bonds is 6. The van der Waals surface area contributed by atoms with Gasteiger partial charge in [-0.3, -0.25) is 0 Å². The van der Waals surface area contributed by atoms with E-state index in [2.05, 4.69) is 6.58 Å². The smallest absolute Gasteiger partial charge is 0.201 e. The molecule has 166 valence electrons. The van der Waals surface area contributed by atoms with E-state index in [-0.39, 0.29) is 35.8 Å². The molecule has 1 aliphatic rings. The zero-order valence-corrected chi connectivity index (χ0v) is 17.9. The molecule has 32 heavy (non-hydrogen) atoms. The first-order valence-corrected chi connectivity index (χ1v) is 10.8. The van der Waals surface area contributed by atoms with Crippen LogP contribution in [0.15, 0.2) is 67.3 Å². The van der Waals surface area contributed by atoms with Crippen molar-refractivity contribution in [3.8, 4) is 28.0 Å². The third-order valence-electron chi connectivity index (χ3n) is 5.89. The molecule has 0 radical (unpaired) electrons. The summed E-state index contributed by atoms with van der Waals surface area (Å²) in [5.41, 5.74) is 2.66. The monoisotopic (exact) mass is 438 g/mol. The van der Waals surface area contributed by atoms with E-state index < -0.39 is 11.6 Å². The number of hydrogen-bond acceptors (Lipinski definition) is 2. The van der Waals surface area contributed by atoms with Gasteiger partial charge in [0.1, 0.15) is 5.82 Å². The van der Waals surface area contributed by atoms with Crippen LogP contribution in [0.2, 0.25) is 0 Å². The highest BCUT2D eigenvalue weighted by Gasteiger charge is 2.22. The Balaban J connectivity index is 1.55. The molecule has 0 bridgehead atoms. The fourth-order valence-electron chi connectivity index (χ4n) is 4.09. The summed E-state index contributed by atoms with van der Waals surface area (Å²) in [6.07, 6.45) is 3.68. The van der Waals surface area contributed by atoms with Gasteiger partial charge in [-0.25, -0.2) is 8.78 Å². The van der Waals surface area contributed by atoms with Gasteiger partial charge in [0.25, 0.3) is 0 Å². The summed E-state index contributed by atoms with van der Waals surface area (Å²) >= 11 is 0.